The Morgan fingerprint density at radius 3 is 3.12 bits per heavy atom. The summed E-state index contributed by atoms with van der Waals surface area (Å²) < 4.78 is 12.8. The van der Waals surface area contributed by atoms with Gasteiger partial charge in [-0.2, -0.15) is 5.26 Å². The van der Waals surface area contributed by atoms with Gasteiger partial charge in [0, 0.05) is 19.0 Å². The van der Waals surface area contributed by atoms with Crippen molar-refractivity contribution in [2.24, 2.45) is 5.92 Å². The van der Waals surface area contributed by atoms with E-state index < -0.39 is 6.23 Å². The number of hydrogen-bond donors (Lipinski definition) is 0. The zero-order chi connectivity index (χ0) is 17.3. The molecule has 0 aromatic carbocycles. The number of carbonyl (C=O) groups is 1. The molecule has 1 aliphatic rings. The molecule has 0 spiro atoms. The third kappa shape index (κ3) is 2.86. The van der Waals surface area contributed by atoms with Gasteiger partial charge < -0.3 is 14.0 Å². The van der Waals surface area contributed by atoms with Crippen molar-refractivity contribution in [3.8, 4) is 6.07 Å². The molecule has 2 aromatic heterocycles. The molecule has 0 amide bonds. The number of carbonyl (C=O) groups excluding carboxylic acids is 1. The summed E-state index contributed by atoms with van der Waals surface area (Å²) >= 11 is 6.11. The third-order valence-corrected chi connectivity index (χ3v) is 4.25. The van der Waals surface area contributed by atoms with E-state index in [1.807, 2.05) is 0 Å². The van der Waals surface area contributed by atoms with Crippen LogP contribution in [0.15, 0.2) is 25.2 Å². The molecule has 3 atom stereocenters. The van der Waals surface area contributed by atoms with Gasteiger partial charge in [-0.15, -0.1) is 6.58 Å². The number of fused-ring (bicyclic) bond motifs is 1. The van der Waals surface area contributed by atoms with Crippen molar-refractivity contribution in [1.29, 1.82) is 5.26 Å². The van der Waals surface area contributed by atoms with Crippen LogP contribution >= 0.6 is 11.6 Å². The third-order valence-electron chi connectivity index (χ3n) is 3.97. The first-order valence-corrected chi connectivity index (χ1v) is 7.75. The normalized spacial score (nSPS) is 23.1. The van der Waals surface area contributed by atoms with E-state index in [-0.39, 0.29) is 29.8 Å². The summed E-state index contributed by atoms with van der Waals surface area (Å²) in [5.74, 6) is -0.364. The Bertz CT molecular complexity index is 842. The van der Waals surface area contributed by atoms with Crippen LogP contribution in [0.5, 0.6) is 0 Å². The quantitative estimate of drug-likeness (QED) is 0.480. The van der Waals surface area contributed by atoms with E-state index in [1.165, 1.54) is 13.3 Å². The van der Waals surface area contributed by atoms with Gasteiger partial charge in [-0.1, -0.05) is 17.7 Å². The molecule has 3 rings (SSSR count). The Morgan fingerprint density at radius 2 is 2.46 bits per heavy atom. The fourth-order valence-electron chi connectivity index (χ4n) is 2.90. The minimum absolute atomic E-state index is 0.0126. The Hall–Kier alpha value is -2.43. The van der Waals surface area contributed by atoms with E-state index in [4.69, 9.17) is 21.1 Å². The van der Waals surface area contributed by atoms with E-state index >= 15 is 0 Å². The van der Waals surface area contributed by atoms with Crippen molar-refractivity contribution in [2.45, 2.75) is 25.7 Å². The largest absolute Gasteiger partial charge is 0.463 e. The van der Waals surface area contributed by atoms with Crippen LogP contribution < -0.4 is 0 Å². The van der Waals surface area contributed by atoms with Gasteiger partial charge in [0.25, 0.3) is 0 Å². The lowest BCUT2D eigenvalue weighted by atomic mass is 10.0. The number of aromatic nitrogens is 3. The number of ether oxygens (including phenoxy) is 2. The van der Waals surface area contributed by atoms with Crippen molar-refractivity contribution in [3.05, 3.63) is 35.9 Å². The summed E-state index contributed by atoms with van der Waals surface area (Å²) in [5.41, 5.74) is 0.905. The molecule has 0 bridgehead atoms. The van der Waals surface area contributed by atoms with Gasteiger partial charge in [0.05, 0.1) is 17.1 Å². The SMILES string of the molecule is C=C[C@@H]1C[C@@H](COC(C)=O)O[C@H]1n1cc(C#N)c2c(Cl)ncnc21. The van der Waals surface area contributed by atoms with Gasteiger partial charge in [0.1, 0.15) is 36.0 Å². The van der Waals surface area contributed by atoms with Crippen LogP contribution in [0, 0.1) is 17.2 Å². The molecule has 1 saturated heterocycles. The lowest BCUT2D eigenvalue weighted by Gasteiger charge is -2.18. The highest BCUT2D eigenvalue weighted by Gasteiger charge is 2.36. The van der Waals surface area contributed by atoms with Crippen LogP contribution in [-0.4, -0.2) is 33.2 Å². The lowest BCUT2D eigenvalue weighted by Crippen LogP contribution is -2.18. The number of esters is 1. The molecule has 8 heteroatoms. The van der Waals surface area contributed by atoms with Gasteiger partial charge in [-0.05, 0) is 6.42 Å². The second-order valence-corrected chi connectivity index (χ2v) is 5.87. The Labute approximate surface area is 143 Å². The van der Waals surface area contributed by atoms with E-state index in [0.717, 1.165) is 0 Å². The second-order valence-electron chi connectivity index (χ2n) is 5.51. The van der Waals surface area contributed by atoms with E-state index in [1.54, 1.807) is 16.8 Å². The maximum Gasteiger partial charge on any atom is 0.302 e. The van der Waals surface area contributed by atoms with Crippen molar-refractivity contribution in [3.63, 3.8) is 0 Å². The molecule has 24 heavy (non-hydrogen) atoms. The number of rotatable bonds is 4. The molecule has 0 aliphatic carbocycles. The topological polar surface area (TPSA) is 90.0 Å². The second kappa shape index (κ2) is 6.59. The van der Waals surface area contributed by atoms with Crippen LogP contribution in [0.25, 0.3) is 11.0 Å². The van der Waals surface area contributed by atoms with Crippen molar-refractivity contribution in [1.82, 2.24) is 14.5 Å². The maximum atomic E-state index is 11.0. The van der Waals surface area contributed by atoms with Gasteiger partial charge in [0.2, 0.25) is 0 Å². The summed E-state index contributed by atoms with van der Waals surface area (Å²) in [6, 6.07) is 2.10. The lowest BCUT2D eigenvalue weighted by molar-refractivity contribution is -0.145. The summed E-state index contributed by atoms with van der Waals surface area (Å²) in [5, 5.41) is 10.1. The first-order chi connectivity index (χ1) is 11.5. The highest BCUT2D eigenvalue weighted by molar-refractivity contribution is 6.34. The molecule has 0 unspecified atom stereocenters. The molecule has 124 valence electrons. The summed E-state index contributed by atoms with van der Waals surface area (Å²) in [7, 11) is 0. The van der Waals surface area contributed by atoms with Gasteiger partial charge >= 0.3 is 5.97 Å². The van der Waals surface area contributed by atoms with Gasteiger partial charge in [-0.25, -0.2) is 9.97 Å². The van der Waals surface area contributed by atoms with Crippen LogP contribution in [0.1, 0.15) is 25.1 Å². The molecule has 7 nitrogen and oxygen atoms in total. The average Bonchev–Trinajstić information content (AvgIpc) is 3.14. The first kappa shape index (κ1) is 16.4. The molecular formula is C16H15ClN4O3. The predicted octanol–water partition coefficient (Wildman–Crippen LogP) is 2.61. The zero-order valence-corrected chi connectivity index (χ0v) is 13.7. The highest BCUT2D eigenvalue weighted by Crippen LogP contribution is 2.38. The summed E-state index contributed by atoms with van der Waals surface area (Å²) in [6.45, 7) is 5.38. The molecule has 0 N–H and O–H groups in total. The molecule has 1 fully saturated rings. The number of nitrogens with zero attached hydrogens (tertiary/aromatic N) is 4. The van der Waals surface area contributed by atoms with Crippen molar-refractivity contribution < 1.29 is 14.3 Å². The Kier molecular flexibility index (Phi) is 4.51. The standard InChI is InChI=1S/C16H15ClN4O3/c1-3-10-4-12(7-23-9(2)22)24-16(10)21-6-11(5-18)13-14(17)19-8-20-15(13)21/h3,6,8,10,12,16H,1,4,7H2,2H3/t10-,12+,16-/m1/s1. The van der Waals surface area contributed by atoms with Crippen molar-refractivity contribution in [2.75, 3.05) is 6.61 Å². The van der Waals surface area contributed by atoms with Crippen LogP contribution in [-0.2, 0) is 14.3 Å². The minimum atomic E-state index is -0.404. The summed E-state index contributed by atoms with van der Waals surface area (Å²) in [6.07, 6.45) is 4.79. The average molecular weight is 347 g/mol. The van der Waals surface area contributed by atoms with Gasteiger partial charge in [0.15, 0.2) is 0 Å². The molecule has 0 radical (unpaired) electrons. The smallest absolute Gasteiger partial charge is 0.302 e. The summed E-state index contributed by atoms with van der Waals surface area (Å²) in [4.78, 5) is 19.2. The van der Waals surface area contributed by atoms with Crippen molar-refractivity contribution >= 4 is 28.6 Å². The highest BCUT2D eigenvalue weighted by atomic mass is 35.5. The molecule has 1 aliphatic heterocycles. The van der Waals surface area contributed by atoms with E-state index in [2.05, 4.69) is 22.6 Å². The van der Waals surface area contributed by atoms with Crippen LogP contribution in [0.3, 0.4) is 0 Å². The van der Waals surface area contributed by atoms with Crippen LogP contribution in [0.4, 0.5) is 0 Å². The molecular weight excluding hydrogens is 332 g/mol. The Balaban J connectivity index is 1.97. The van der Waals surface area contributed by atoms with E-state index in [9.17, 15) is 10.1 Å². The zero-order valence-electron chi connectivity index (χ0n) is 13.0. The van der Waals surface area contributed by atoms with E-state index in [0.29, 0.717) is 23.0 Å². The number of hydrogen-bond acceptors (Lipinski definition) is 6. The van der Waals surface area contributed by atoms with Gasteiger partial charge in [-0.3, -0.25) is 4.79 Å². The molecule has 3 heterocycles. The predicted molar refractivity (Wildman–Crippen MR) is 86.1 cm³/mol. The maximum absolute atomic E-state index is 11.0. The molecule has 0 saturated carbocycles. The number of halogens is 1. The first-order valence-electron chi connectivity index (χ1n) is 7.37. The van der Waals surface area contributed by atoms with Crippen LogP contribution in [0.2, 0.25) is 5.15 Å². The fourth-order valence-corrected chi connectivity index (χ4v) is 3.13. The molecule has 2 aromatic rings. The minimum Gasteiger partial charge on any atom is -0.463 e. The number of nitriles is 1. The monoisotopic (exact) mass is 346 g/mol. The Morgan fingerprint density at radius 1 is 1.67 bits per heavy atom. The fraction of sp³-hybridized carbons (Fsp3) is 0.375.